The average molecular weight is 441 g/mol. The molecule has 1 aromatic heterocycles. The van der Waals surface area contributed by atoms with Gasteiger partial charge in [-0.3, -0.25) is 25.0 Å². The third kappa shape index (κ3) is 4.12. The van der Waals surface area contributed by atoms with Gasteiger partial charge in [0, 0.05) is 41.8 Å². The highest BCUT2D eigenvalue weighted by Crippen LogP contribution is 2.34. The molecule has 3 aromatic rings. The molecule has 1 atom stereocenters. The van der Waals surface area contributed by atoms with E-state index in [0.29, 0.717) is 17.2 Å². The Balaban J connectivity index is 1.47. The third-order valence-corrected chi connectivity index (χ3v) is 6.02. The van der Waals surface area contributed by atoms with Gasteiger partial charge >= 0.3 is 0 Å². The Morgan fingerprint density at radius 1 is 1.26 bits per heavy atom. The van der Waals surface area contributed by atoms with Gasteiger partial charge in [-0.15, -0.1) is 10.2 Å². The second-order valence-electron chi connectivity index (χ2n) is 6.99. The van der Waals surface area contributed by atoms with Crippen molar-refractivity contribution in [3.05, 3.63) is 74.5 Å². The van der Waals surface area contributed by atoms with Crippen LogP contribution >= 0.6 is 11.3 Å². The number of hydrogen-bond donors (Lipinski definition) is 1. The van der Waals surface area contributed by atoms with Crippen LogP contribution < -0.4 is 10.2 Å². The fourth-order valence-electron chi connectivity index (χ4n) is 3.43. The lowest BCUT2D eigenvalue weighted by atomic mass is 10.1. The molecular formula is C20H16FN5O4S. The van der Waals surface area contributed by atoms with E-state index in [2.05, 4.69) is 15.5 Å². The molecule has 0 bridgehead atoms. The normalized spacial score (nSPS) is 15.9. The summed E-state index contributed by atoms with van der Waals surface area (Å²) in [6.07, 6.45) is 0.226. The SMILES string of the molecule is Cc1c(C(=O)Nc2nnc(C3CC(=O)N(c4ccc(F)cc4)C3)s2)cccc1[N+](=O)[O-]. The molecule has 2 amide bonds. The Kier molecular flexibility index (Phi) is 5.42. The van der Waals surface area contributed by atoms with Gasteiger partial charge in [0.25, 0.3) is 11.6 Å². The summed E-state index contributed by atoms with van der Waals surface area (Å²) in [7, 11) is 0. The van der Waals surface area contributed by atoms with Crippen molar-refractivity contribution < 1.29 is 18.9 Å². The number of amides is 2. The van der Waals surface area contributed by atoms with Crippen molar-refractivity contribution in [2.24, 2.45) is 0 Å². The van der Waals surface area contributed by atoms with Crippen molar-refractivity contribution in [2.75, 3.05) is 16.8 Å². The molecule has 0 radical (unpaired) electrons. The first-order valence-electron chi connectivity index (χ1n) is 9.28. The van der Waals surface area contributed by atoms with Crippen molar-refractivity contribution in [3.63, 3.8) is 0 Å². The molecule has 1 aliphatic rings. The van der Waals surface area contributed by atoms with Crippen LogP contribution in [0.5, 0.6) is 0 Å². The molecule has 0 spiro atoms. The van der Waals surface area contributed by atoms with E-state index in [4.69, 9.17) is 0 Å². The first-order chi connectivity index (χ1) is 14.8. The maximum absolute atomic E-state index is 13.1. The predicted octanol–water partition coefficient (Wildman–Crippen LogP) is 3.67. The molecule has 1 fully saturated rings. The number of nitrogens with one attached hydrogen (secondary N) is 1. The molecule has 1 unspecified atom stereocenters. The van der Waals surface area contributed by atoms with Crippen LogP contribution in [0.25, 0.3) is 0 Å². The molecule has 1 aliphatic heterocycles. The molecule has 1 saturated heterocycles. The van der Waals surface area contributed by atoms with Gasteiger partial charge in [-0.05, 0) is 37.3 Å². The van der Waals surface area contributed by atoms with Crippen LogP contribution in [0.3, 0.4) is 0 Å². The maximum Gasteiger partial charge on any atom is 0.273 e. The van der Waals surface area contributed by atoms with E-state index in [1.54, 1.807) is 17.0 Å². The molecule has 9 nitrogen and oxygen atoms in total. The summed E-state index contributed by atoms with van der Waals surface area (Å²) in [6, 6.07) is 9.95. The van der Waals surface area contributed by atoms with Crippen LogP contribution in [0.15, 0.2) is 42.5 Å². The Morgan fingerprint density at radius 2 is 2.00 bits per heavy atom. The van der Waals surface area contributed by atoms with Crippen LogP contribution in [-0.2, 0) is 4.79 Å². The number of carbonyl (C=O) groups is 2. The minimum Gasteiger partial charge on any atom is -0.312 e. The molecule has 2 aromatic carbocycles. The predicted molar refractivity (Wildman–Crippen MR) is 112 cm³/mol. The average Bonchev–Trinajstić information content (AvgIpc) is 3.35. The van der Waals surface area contributed by atoms with E-state index in [1.807, 2.05) is 0 Å². The first-order valence-corrected chi connectivity index (χ1v) is 10.1. The zero-order valence-corrected chi connectivity index (χ0v) is 17.1. The summed E-state index contributed by atoms with van der Waals surface area (Å²) in [5.74, 6) is -1.22. The van der Waals surface area contributed by atoms with Gasteiger partial charge in [0.1, 0.15) is 10.8 Å². The largest absolute Gasteiger partial charge is 0.312 e. The number of aromatic nitrogens is 2. The highest BCUT2D eigenvalue weighted by Gasteiger charge is 2.34. The summed E-state index contributed by atoms with van der Waals surface area (Å²) >= 11 is 1.14. The fourth-order valence-corrected chi connectivity index (χ4v) is 4.25. The number of benzene rings is 2. The van der Waals surface area contributed by atoms with Crippen molar-refractivity contribution in [3.8, 4) is 0 Å². The second kappa shape index (κ2) is 8.19. The van der Waals surface area contributed by atoms with Crippen LogP contribution in [0.2, 0.25) is 0 Å². The number of nitro groups is 1. The smallest absolute Gasteiger partial charge is 0.273 e. The summed E-state index contributed by atoms with van der Waals surface area (Å²) in [6.45, 7) is 1.88. The maximum atomic E-state index is 13.1. The molecule has 11 heteroatoms. The minimum atomic E-state index is -0.543. The number of halogens is 1. The third-order valence-electron chi connectivity index (χ3n) is 5.02. The van der Waals surface area contributed by atoms with Gasteiger partial charge in [-0.2, -0.15) is 0 Å². The van der Waals surface area contributed by atoms with Crippen molar-refractivity contribution in [1.29, 1.82) is 0 Å². The standard InChI is InChI=1S/C20H16FN5O4S/c1-11-15(3-2-4-16(11)26(29)30)18(28)22-20-24-23-19(31-20)12-9-17(27)25(10-12)14-7-5-13(21)6-8-14/h2-8,12H,9-10H2,1H3,(H,22,24,28). The van der Waals surface area contributed by atoms with E-state index < -0.39 is 10.8 Å². The van der Waals surface area contributed by atoms with Crippen LogP contribution in [0, 0.1) is 22.9 Å². The van der Waals surface area contributed by atoms with Gasteiger partial charge in [-0.25, -0.2) is 4.39 Å². The molecule has 31 heavy (non-hydrogen) atoms. The summed E-state index contributed by atoms with van der Waals surface area (Å²) in [4.78, 5) is 37.1. The van der Waals surface area contributed by atoms with E-state index in [1.165, 1.54) is 37.3 Å². The lowest BCUT2D eigenvalue weighted by molar-refractivity contribution is -0.385. The summed E-state index contributed by atoms with van der Waals surface area (Å²) in [5, 5.41) is 22.6. The van der Waals surface area contributed by atoms with E-state index in [9.17, 15) is 24.1 Å². The van der Waals surface area contributed by atoms with E-state index >= 15 is 0 Å². The molecule has 0 aliphatic carbocycles. The van der Waals surface area contributed by atoms with Crippen molar-refractivity contribution >= 4 is 39.7 Å². The molecule has 4 rings (SSSR count). The molecule has 0 saturated carbocycles. The lowest BCUT2D eigenvalue weighted by Crippen LogP contribution is -2.24. The zero-order chi connectivity index (χ0) is 22.1. The van der Waals surface area contributed by atoms with Crippen LogP contribution in [0.1, 0.15) is 33.3 Å². The Hall–Kier alpha value is -3.73. The van der Waals surface area contributed by atoms with Crippen molar-refractivity contribution in [2.45, 2.75) is 19.3 Å². The van der Waals surface area contributed by atoms with E-state index in [0.717, 1.165) is 11.3 Å². The highest BCUT2D eigenvalue weighted by molar-refractivity contribution is 7.15. The highest BCUT2D eigenvalue weighted by atomic mass is 32.1. The van der Waals surface area contributed by atoms with Crippen LogP contribution in [0.4, 0.5) is 20.9 Å². The number of nitrogens with zero attached hydrogens (tertiary/aromatic N) is 4. The second-order valence-corrected chi connectivity index (χ2v) is 8.00. The molecular weight excluding hydrogens is 425 g/mol. The Morgan fingerprint density at radius 3 is 2.71 bits per heavy atom. The first kappa shape index (κ1) is 20.5. The fraction of sp³-hybridized carbons (Fsp3) is 0.200. The Labute approximate surface area is 179 Å². The van der Waals surface area contributed by atoms with Crippen molar-refractivity contribution in [1.82, 2.24) is 10.2 Å². The molecule has 158 valence electrons. The van der Waals surface area contributed by atoms with Gasteiger partial charge in [0.05, 0.1) is 4.92 Å². The van der Waals surface area contributed by atoms with Crippen LogP contribution in [-0.4, -0.2) is 33.5 Å². The minimum absolute atomic E-state index is 0.107. The number of anilines is 2. The summed E-state index contributed by atoms with van der Waals surface area (Å²) in [5.41, 5.74) is 0.889. The topological polar surface area (TPSA) is 118 Å². The van der Waals surface area contributed by atoms with E-state index in [-0.39, 0.29) is 46.0 Å². The molecule has 1 N–H and O–H groups in total. The monoisotopic (exact) mass is 441 g/mol. The number of hydrogen-bond acceptors (Lipinski definition) is 7. The summed E-state index contributed by atoms with van der Waals surface area (Å²) < 4.78 is 13.1. The number of nitro benzene ring substituents is 1. The van der Waals surface area contributed by atoms with Gasteiger partial charge < -0.3 is 4.90 Å². The van der Waals surface area contributed by atoms with Gasteiger partial charge in [-0.1, -0.05) is 17.4 Å². The lowest BCUT2D eigenvalue weighted by Gasteiger charge is -2.16. The molecule has 2 heterocycles. The van der Waals surface area contributed by atoms with Gasteiger partial charge in [0.15, 0.2) is 0 Å². The number of rotatable bonds is 5. The van der Waals surface area contributed by atoms with Gasteiger partial charge in [0.2, 0.25) is 11.0 Å². The number of carbonyl (C=O) groups excluding carboxylic acids is 2. The Bertz CT molecular complexity index is 1180. The zero-order valence-electron chi connectivity index (χ0n) is 16.2. The quantitative estimate of drug-likeness (QED) is 0.477.